The summed E-state index contributed by atoms with van der Waals surface area (Å²) >= 11 is 0. The van der Waals surface area contributed by atoms with E-state index in [2.05, 4.69) is 121 Å². The molecule has 0 atom stereocenters. The molecule has 4 aromatic carbocycles. The SMILES string of the molecule is OP(O)OCCCCCCCC(c1ccccc1)c1ccccc1.O[PH](O)(O)CCCCCCCC(c1ccccc1)c1ccccc1. The minimum atomic E-state index is -3.83. The first kappa shape index (κ1) is 39.9. The summed E-state index contributed by atoms with van der Waals surface area (Å²) in [6, 6.07) is 42.8. The average molecular weight is 695 g/mol. The van der Waals surface area contributed by atoms with Crippen molar-refractivity contribution < 1.29 is 29.0 Å². The quantitative estimate of drug-likeness (QED) is 0.0439. The van der Waals surface area contributed by atoms with Crippen LogP contribution in [0.3, 0.4) is 0 Å². The zero-order chi connectivity index (χ0) is 34.3. The molecule has 8 heteroatoms. The van der Waals surface area contributed by atoms with E-state index in [1.165, 1.54) is 35.1 Å². The fraction of sp³-hybridized carbons (Fsp3) is 0.400. The fourth-order valence-electron chi connectivity index (χ4n) is 6.16. The van der Waals surface area contributed by atoms with Crippen LogP contribution >= 0.6 is 16.5 Å². The standard InChI is InChI=1S/C20H29O3P.C20H27O3P/c21-24(22,23)17-11-3-1-2-10-16-20(18-12-6-4-7-13-18)19-14-8-5-9-15-19;21-24(22)23-17-11-3-1-2-10-16-20(18-12-6-4-7-13-18)19-14-8-5-9-15-19/h4-9,12-15,20-24H,1-3,10-11,16-17H2;4-9,12-15,20-22H,1-3,10-11,16-17H2. The van der Waals surface area contributed by atoms with Gasteiger partial charge in [-0.2, -0.15) is 0 Å². The molecule has 0 unspecified atom stereocenters. The van der Waals surface area contributed by atoms with E-state index < -0.39 is 16.5 Å². The van der Waals surface area contributed by atoms with E-state index in [1.54, 1.807) is 0 Å². The Morgan fingerprint density at radius 1 is 0.438 bits per heavy atom. The van der Waals surface area contributed by atoms with Gasteiger partial charge in [-0.15, -0.1) is 0 Å². The average Bonchev–Trinajstić information content (AvgIpc) is 3.10. The zero-order valence-corrected chi connectivity index (χ0v) is 30.1. The van der Waals surface area contributed by atoms with Crippen LogP contribution < -0.4 is 0 Å². The van der Waals surface area contributed by atoms with Crippen molar-refractivity contribution in [3.63, 3.8) is 0 Å². The molecular formula is C40H56O6P2. The molecule has 6 nitrogen and oxygen atoms in total. The van der Waals surface area contributed by atoms with Crippen molar-refractivity contribution in [2.45, 2.75) is 88.9 Å². The predicted molar refractivity (Wildman–Crippen MR) is 202 cm³/mol. The second kappa shape index (κ2) is 23.8. The number of rotatable bonds is 21. The van der Waals surface area contributed by atoms with Crippen LogP contribution in [0.25, 0.3) is 0 Å². The van der Waals surface area contributed by atoms with Gasteiger partial charge in [-0.05, 0) is 24.0 Å². The van der Waals surface area contributed by atoms with E-state index in [0.717, 1.165) is 57.8 Å². The molecule has 0 saturated heterocycles. The van der Waals surface area contributed by atoms with Crippen LogP contribution in [0.15, 0.2) is 121 Å². The summed E-state index contributed by atoms with van der Waals surface area (Å²) < 4.78 is 4.78. The van der Waals surface area contributed by atoms with Gasteiger partial charge in [0.15, 0.2) is 0 Å². The first-order valence-corrected chi connectivity index (χ1v) is 20.7. The molecule has 0 aliphatic rings. The Balaban J connectivity index is 0.000000260. The van der Waals surface area contributed by atoms with Crippen LogP contribution in [0.5, 0.6) is 0 Å². The summed E-state index contributed by atoms with van der Waals surface area (Å²) in [6.07, 6.45) is 12.9. The van der Waals surface area contributed by atoms with E-state index in [9.17, 15) is 0 Å². The molecular weight excluding hydrogens is 638 g/mol. The van der Waals surface area contributed by atoms with E-state index in [0.29, 0.717) is 24.9 Å². The van der Waals surface area contributed by atoms with Crippen LogP contribution in [-0.4, -0.2) is 37.2 Å². The van der Waals surface area contributed by atoms with Crippen LogP contribution in [0.2, 0.25) is 0 Å². The molecule has 0 aliphatic carbocycles. The van der Waals surface area contributed by atoms with Crippen molar-refractivity contribution in [3.05, 3.63) is 144 Å². The van der Waals surface area contributed by atoms with Gasteiger partial charge in [0, 0.05) is 5.92 Å². The van der Waals surface area contributed by atoms with Gasteiger partial charge in [0.05, 0.1) is 6.61 Å². The van der Waals surface area contributed by atoms with Crippen molar-refractivity contribution >= 4 is 16.5 Å². The maximum atomic E-state index is 9.00. The Labute approximate surface area is 290 Å². The molecule has 0 aromatic heterocycles. The van der Waals surface area contributed by atoms with Crippen molar-refractivity contribution in [2.24, 2.45) is 0 Å². The molecule has 48 heavy (non-hydrogen) atoms. The summed E-state index contributed by atoms with van der Waals surface area (Å²) in [5.41, 5.74) is 5.49. The second-order valence-corrected chi connectivity index (χ2v) is 15.3. The minimum absolute atomic E-state index is 0.156. The molecule has 0 radical (unpaired) electrons. The van der Waals surface area contributed by atoms with Gasteiger partial charge >= 0.3 is 154 Å². The van der Waals surface area contributed by atoms with Crippen LogP contribution in [-0.2, 0) is 4.52 Å². The van der Waals surface area contributed by atoms with E-state index >= 15 is 0 Å². The van der Waals surface area contributed by atoms with Gasteiger partial charge in [-0.1, -0.05) is 86.3 Å². The molecule has 4 aromatic rings. The third-order valence-electron chi connectivity index (χ3n) is 8.66. The van der Waals surface area contributed by atoms with Crippen molar-refractivity contribution in [1.82, 2.24) is 0 Å². The first-order valence-electron chi connectivity index (χ1n) is 17.5. The molecule has 0 aliphatic heterocycles. The van der Waals surface area contributed by atoms with Gasteiger partial charge < -0.3 is 14.3 Å². The molecule has 0 spiro atoms. The van der Waals surface area contributed by atoms with Gasteiger partial charge in [0.2, 0.25) is 0 Å². The van der Waals surface area contributed by atoms with Gasteiger partial charge in [0.1, 0.15) is 0 Å². The summed E-state index contributed by atoms with van der Waals surface area (Å²) in [4.78, 5) is 44.3. The number of hydrogen-bond acceptors (Lipinski definition) is 6. The maximum absolute atomic E-state index is 9.00. The van der Waals surface area contributed by atoms with E-state index in [1.807, 2.05) is 0 Å². The van der Waals surface area contributed by atoms with Crippen LogP contribution in [0, 0.1) is 0 Å². The molecule has 0 amide bonds. The van der Waals surface area contributed by atoms with Crippen molar-refractivity contribution in [3.8, 4) is 0 Å². The van der Waals surface area contributed by atoms with Crippen molar-refractivity contribution in [2.75, 3.05) is 12.8 Å². The molecule has 262 valence electrons. The van der Waals surface area contributed by atoms with Gasteiger partial charge in [-0.3, -0.25) is 0 Å². The summed E-state index contributed by atoms with van der Waals surface area (Å²) in [7, 11) is -6.02. The number of benzene rings is 4. The Morgan fingerprint density at radius 3 is 1.08 bits per heavy atom. The van der Waals surface area contributed by atoms with Crippen molar-refractivity contribution in [1.29, 1.82) is 0 Å². The Morgan fingerprint density at radius 2 is 0.750 bits per heavy atom. The Hall–Kier alpha value is -2.50. The number of hydrogen-bond donors (Lipinski definition) is 5. The topological polar surface area (TPSA) is 110 Å². The van der Waals surface area contributed by atoms with Gasteiger partial charge in [-0.25, -0.2) is 0 Å². The molecule has 4 rings (SSSR count). The third kappa shape index (κ3) is 17.2. The molecule has 0 fully saturated rings. The van der Waals surface area contributed by atoms with E-state index in [-0.39, 0.29) is 6.16 Å². The molecule has 0 heterocycles. The summed E-state index contributed by atoms with van der Waals surface area (Å²) in [5.74, 6) is 0.892. The summed E-state index contributed by atoms with van der Waals surface area (Å²) in [6.45, 7) is 0.440. The third-order valence-corrected chi connectivity index (χ3v) is 10.1. The first-order chi connectivity index (χ1) is 23.3. The Bertz CT molecular complexity index is 1240. The molecule has 0 bridgehead atoms. The molecule has 0 saturated carbocycles. The second-order valence-electron chi connectivity index (χ2n) is 12.5. The monoisotopic (exact) mass is 694 g/mol. The predicted octanol–water partition coefficient (Wildman–Crippen LogP) is 10.0. The Kier molecular flexibility index (Phi) is 19.8. The molecule has 5 N–H and O–H groups in total. The number of unbranched alkanes of at least 4 members (excludes halogenated alkanes) is 8. The summed E-state index contributed by atoms with van der Waals surface area (Å²) in [5, 5.41) is 0. The van der Waals surface area contributed by atoms with Crippen LogP contribution in [0.4, 0.5) is 0 Å². The zero-order valence-electron chi connectivity index (χ0n) is 28.2. The van der Waals surface area contributed by atoms with Crippen LogP contribution in [0.1, 0.15) is 111 Å². The fourth-order valence-corrected chi connectivity index (χ4v) is 7.18. The van der Waals surface area contributed by atoms with Gasteiger partial charge in [0.25, 0.3) is 0 Å². The normalized spacial score (nSPS) is 11.9. The van der Waals surface area contributed by atoms with E-state index in [4.69, 9.17) is 29.0 Å².